The number of para-hydroxylation sites is 1. The first-order chi connectivity index (χ1) is 14.3. The third kappa shape index (κ3) is 5.86. The molecule has 3 aromatic rings. The molecular weight excluding hydrogens is 376 g/mol. The summed E-state index contributed by atoms with van der Waals surface area (Å²) >= 11 is 1.80. The number of rotatable bonds is 7. The van der Waals surface area contributed by atoms with Crippen LogP contribution in [0, 0.1) is 0 Å². The molecule has 0 saturated carbocycles. The minimum absolute atomic E-state index is 0.879. The largest absolute Gasteiger partial charge is 0.457 e. The van der Waals surface area contributed by atoms with E-state index in [1.807, 2.05) is 36.4 Å². The first-order valence-corrected chi connectivity index (χ1v) is 11.4. The molecule has 0 aliphatic carbocycles. The normalized spacial score (nSPS) is 15.3. The van der Waals surface area contributed by atoms with Gasteiger partial charge in [-0.25, -0.2) is 0 Å². The number of hydrogen-bond acceptors (Lipinski definition) is 4. The summed E-state index contributed by atoms with van der Waals surface area (Å²) in [7, 11) is 0. The van der Waals surface area contributed by atoms with E-state index in [2.05, 4.69) is 58.5 Å². The number of hydrogen-bond donors (Lipinski definition) is 0. The lowest BCUT2D eigenvalue weighted by Gasteiger charge is -2.34. The Morgan fingerprint density at radius 3 is 1.97 bits per heavy atom. The fourth-order valence-electron chi connectivity index (χ4n) is 3.68. The number of thioether (sulfide) groups is 1. The van der Waals surface area contributed by atoms with Crippen LogP contribution in [0.25, 0.3) is 0 Å². The van der Waals surface area contributed by atoms with E-state index in [1.165, 1.54) is 16.0 Å². The highest BCUT2D eigenvalue weighted by Crippen LogP contribution is 2.23. The van der Waals surface area contributed by atoms with Gasteiger partial charge in [-0.2, -0.15) is 0 Å². The van der Waals surface area contributed by atoms with Crippen molar-refractivity contribution >= 4 is 11.8 Å². The molecule has 1 fully saturated rings. The van der Waals surface area contributed by atoms with Gasteiger partial charge in [-0.1, -0.05) is 42.5 Å². The average molecular weight is 405 g/mol. The zero-order valence-electron chi connectivity index (χ0n) is 17.0. The maximum Gasteiger partial charge on any atom is 0.127 e. The third-order valence-corrected chi connectivity index (χ3v) is 6.06. The predicted octanol–water partition coefficient (Wildman–Crippen LogP) is 5.52. The van der Waals surface area contributed by atoms with Gasteiger partial charge in [-0.15, -0.1) is 11.8 Å². The van der Waals surface area contributed by atoms with Gasteiger partial charge in [0.15, 0.2) is 0 Å². The Kier molecular flexibility index (Phi) is 6.88. The standard InChI is InChI=1S/C25H28N2OS/c1-29-25-12-10-21(11-13-25)19-26-14-16-27(17-15-26)20-22-6-5-9-24(18-22)28-23-7-3-2-4-8-23/h2-13,18H,14-17,19-20H2,1H3. The highest BCUT2D eigenvalue weighted by molar-refractivity contribution is 7.98. The number of nitrogens with zero attached hydrogens (tertiary/aromatic N) is 2. The molecule has 0 amide bonds. The van der Waals surface area contributed by atoms with Crippen molar-refractivity contribution in [3.8, 4) is 11.5 Å². The number of benzene rings is 3. The smallest absolute Gasteiger partial charge is 0.127 e. The van der Waals surface area contributed by atoms with Crippen LogP contribution in [-0.4, -0.2) is 42.2 Å². The lowest BCUT2D eigenvalue weighted by atomic mass is 10.1. The molecule has 0 aromatic heterocycles. The van der Waals surface area contributed by atoms with E-state index in [4.69, 9.17) is 4.74 Å². The zero-order valence-corrected chi connectivity index (χ0v) is 17.8. The van der Waals surface area contributed by atoms with Gasteiger partial charge in [-0.05, 0) is 53.8 Å². The quantitative estimate of drug-likeness (QED) is 0.482. The van der Waals surface area contributed by atoms with Crippen LogP contribution in [0.15, 0.2) is 83.8 Å². The van der Waals surface area contributed by atoms with E-state index >= 15 is 0 Å². The van der Waals surface area contributed by atoms with Gasteiger partial charge >= 0.3 is 0 Å². The van der Waals surface area contributed by atoms with Gasteiger partial charge in [-0.3, -0.25) is 9.80 Å². The summed E-state index contributed by atoms with van der Waals surface area (Å²) < 4.78 is 5.98. The van der Waals surface area contributed by atoms with Crippen LogP contribution in [0.3, 0.4) is 0 Å². The van der Waals surface area contributed by atoms with Crippen molar-refractivity contribution in [2.75, 3.05) is 32.4 Å². The van der Waals surface area contributed by atoms with Gasteiger partial charge in [0.1, 0.15) is 11.5 Å². The highest BCUT2D eigenvalue weighted by atomic mass is 32.2. The highest BCUT2D eigenvalue weighted by Gasteiger charge is 2.17. The topological polar surface area (TPSA) is 15.7 Å². The summed E-state index contributed by atoms with van der Waals surface area (Å²) in [5.41, 5.74) is 2.71. The second-order valence-corrected chi connectivity index (χ2v) is 8.34. The molecule has 3 nitrogen and oxygen atoms in total. The first-order valence-electron chi connectivity index (χ1n) is 10.2. The van der Waals surface area contributed by atoms with Gasteiger partial charge in [0.25, 0.3) is 0 Å². The fraction of sp³-hybridized carbons (Fsp3) is 0.280. The van der Waals surface area contributed by atoms with Crippen molar-refractivity contribution < 1.29 is 4.74 Å². The van der Waals surface area contributed by atoms with Crippen molar-refractivity contribution in [1.29, 1.82) is 0 Å². The SMILES string of the molecule is CSc1ccc(CN2CCN(Cc3cccc(Oc4ccccc4)c3)CC2)cc1. The molecule has 0 unspecified atom stereocenters. The molecule has 4 heteroatoms. The summed E-state index contributed by atoms with van der Waals surface area (Å²) in [6.07, 6.45) is 2.12. The van der Waals surface area contributed by atoms with E-state index < -0.39 is 0 Å². The van der Waals surface area contributed by atoms with Gasteiger partial charge in [0, 0.05) is 44.2 Å². The third-order valence-electron chi connectivity index (χ3n) is 5.31. The molecule has 0 spiro atoms. The van der Waals surface area contributed by atoms with Crippen LogP contribution >= 0.6 is 11.8 Å². The molecule has 0 N–H and O–H groups in total. The van der Waals surface area contributed by atoms with Crippen molar-refractivity contribution in [3.05, 3.63) is 90.0 Å². The van der Waals surface area contributed by atoms with Crippen molar-refractivity contribution in [1.82, 2.24) is 9.80 Å². The molecule has 0 bridgehead atoms. The second kappa shape index (κ2) is 9.97. The Labute approximate surface area is 178 Å². The van der Waals surface area contributed by atoms with E-state index in [1.54, 1.807) is 11.8 Å². The van der Waals surface area contributed by atoms with Crippen LogP contribution in [0.2, 0.25) is 0 Å². The summed E-state index contributed by atoms with van der Waals surface area (Å²) in [5, 5.41) is 0. The molecule has 0 atom stereocenters. The monoisotopic (exact) mass is 404 g/mol. The lowest BCUT2D eigenvalue weighted by molar-refractivity contribution is 0.122. The molecule has 4 rings (SSSR count). The molecule has 3 aromatic carbocycles. The molecule has 0 radical (unpaired) electrons. The summed E-state index contributed by atoms with van der Waals surface area (Å²) in [6, 6.07) is 27.4. The van der Waals surface area contributed by atoms with E-state index in [-0.39, 0.29) is 0 Å². The Balaban J connectivity index is 1.27. The molecule has 150 valence electrons. The summed E-state index contributed by atoms with van der Waals surface area (Å²) in [4.78, 5) is 6.42. The minimum Gasteiger partial charge on any atom is -0.457 e. The Bertz CT molecular complexity index is 890. The average Bonchev–Trinajstić information content (AvgIpc) is 2.77. The van der Waals surface area contributed by atoms with Crippen LogP contribution in [0.1, 0.15) is 11.1 Å². The van der Waals surface area contributed by atoms with E-state index in [9.17, 15) is 0 Å². The Morgan fingerprint density at radius 2 is 1.31 bits per heavy atom. The molecule has 1 saturated heterocycles. The minimum atomic E-state index is 0.879. The first kappa shape index (κ1) is 20.0. The summed E-state index contributed by atoms with van der Waals surface area (Å²) in [6.45, 7) is 6.46. The molecule has 29 heavy (non-hydrogen) atoms. The maximum atomic E-state index is 5.98. The maximum absolute atomic E-state index is 5.98. The summed E-state index contributed by atoms with van der Waals surface area (Å²) in [5.74, 6) is 1.78. The van der Waals surface area contributed by atoms with Crippen molar-refractivity contribution in [3.63, 3.8) is 0 Å². The second-order valence-electron chi connectivity index (χ2n) is 7.46. The van der Waals surface area contributed by atoms with Gasteiger partial charge in [0.2, 0.25) is 0 Å². The van der Waals surface area contributed by atoms with Crippen molar-refractivity contribution in [2.24, 2.45) is 0 Å². The zero-order chi connectivity index (χ0) is 19.9. The van der Waals surface area contributed by atoms with Crippen LogP contribution in [-0.2, 0) is 13.1 Å². The lowest BCUT2D eigenvalue weighted by Crippen LogP contribution is -2.45. The van der Waals surface area contributed by atoms with Gasteiger partial charge < -0.3 is 4.74 Å². The molecular formula is C25H28N2OS. The molecule has 1 aliphatic rings. The number of piperazine rings is 1. The van der Waals surface area contributed by atoms with E-state index in [0.717, 1.165) is 50.8 Å². The van der Waals surface area contributed by atoms with Crippen LogP contribution in [0.5, 0.6) is 11.5 Å². The molecule has 1 aliphatic heterocycles. The Hall–Kier alpha value is -2.27. The van der Waals surface area contributed by atoms with E-state index in [0.29, 0.717) is 0 Å². The van der Waals surface area contributed by atoms with Crippen LogP contribution < -0.4 is 4.74 Å². The van der Waals surface area contributed by atoms with Crippen LogP contribution in [0.4, 0.5) is 0 Å². The molecule has 1 heterocycles. The fourth-order valence-corrected chi connectivity index (χ4v) is 4.09. The van der Waals surface area contributed by atoms with Gasteiger partial charge in [0.05, 0.1) is 0 Å². The van der Waals surface area contributed by atoms with Crippen molar-refractivity contribution in [2.45, 2.75) is 18.0 Å². The predicted molar refractivity (Wildman–Crippen MR) is 122 cm³/mol. The Morgan fingerprint density at radius 1 is 0.690 bits per heavy atom. The number of ether oxygens (including phenoxy) is 1.